The van der Waals surface area contributed by atoms with Crippen molar-refractivity contribution in [3.8, 4) is 28.8 Å². The molecule has 0 aliphatic carbocycles. The number of aromatic amines is 1. The first-order valence-corrected chi connectivity index (χ1v) is 9.12. The zero-order valence-corrected chi connectivity index (χ0v) is 16.2. The summed E-state index contributed by atoms with van der Waals surface area (Å²) in [6.07, 6.45) is 2.97. The Bertz CT molecular complexity index is 1180. The fourth-order valence-corrected chi connectivity index (χ4v) is 3.11. The lowest BCUT2D eigenvalue weighted by atomic mass is 10.1. The number of aromatic nitrogens is 2. The minimum atomic E-state index is -0.616. The number of nitrogens with one attached hydrogen (secondary N) is 2. The van der Waals surface area contributed by atoms with Crippen LogP contribution in [0.25, 0.3) is 17.3 Å². The lowest BCUT2D eigenvalue weighted by Crippen LogP contribution is -2.13. The van der Waals surface area contributed by atoms with Gasteiger partial charge in [-0.15, -0.1) is 0 Å². The van der Waals surface area contributed by atoms with Crippen molar-refractivity contribution in [1.29, 1.82) is 5.26 Å². The second-order valence-electron chi connectivity index (χ2n) is 6.02. The van der Waals surface area contributed by atoms with Crippen LogP contribution in [-0.4, -0.2) is 22.9 Å². The standard InChI is InChI=1S/C20H12Cl2N4O3/c21-14-2-3-15(22)16(7-14)25-20(27)12(8-23)5-13-9-24-26-19(13)11-1-4-17-18(6-11)29-10-28-17/h1-7,9H,10H2,(H,24,26)(H,25,27)/b12-5-. The lowest BCUT2D eigenvalue weighted by Gasteiger charge is -2.07. The summed E-state index contributed by atoms with van der Waals surface area (Å²) in [4.78, 5) is 12.6. The number of H-pyrrole nitrogens is 1. The van der Waals surface area contributed by atoms with Crippen LogP contribution in [0.2, 0.25) is 10.0 Å². The fourth-order valence-electron chi connectivity index (χ4n) is 2.78. The highest BCUT2D eigenvalue weighted by Crippen LogP contribution is 2.36. The van der Waals surface area contributed by atoms with Crippen molar-refractivity contribution in [3.05, 3.63) is 63.8 Å². The first-order chi connectivity index (χ1) is 14.0. The van der Waals surface area contributed by atoms with Gasteiger partial charge in [0.2, 0.25) is 6.79 Å². The number of hydrogen-bond acceptors (Lipinski definition) is 5. The molecule has 2 heterocycles. The van der Waals surface area contributed by atoms with E-state index >= 15 is 0 Å². The van der Waals surface area contributed by atoms with E-state index in [1.165, 1.54) is 18.3 Å². The van der Waals surface area contributed by atoms with Gasteiger partial charge in [-0.2, -0.15) is 10.4 Å². The van der Waals surface area contributed by atoms with E-state index in [-0.39, 0.29) is 12.4 Å². The number of ether oxygens (including phenoxy) is 2. The molecule has 1 amide bonds. The molecule has 0 fully saturated rings. The third-order valence-corrected chi connectivity index (χ3v) is 4.74. The number of carbonyl (C=O) groups excluding carboxylic acids is 1. The summed E-state index contributed by atoms with van der Waals surface area (Å²) < 4.78 is 10.7. The van der Waals surface area contributed by atoms with Gasteiger partial charge in [-0.05, 0) is 42.5 Å². The second-order valence-corrected chi connectivity index (χ2v) is 6.86. The van der Waals surface area contributed by atoms with Crippen LogP contribution in [-0.2, 0) is 4.79 Å². The summed E-state index contributed by atoms with van der Waals surface area (Å²) in [6, 6.07) is 12.0. The van der Waals surface area contributed by atoms with Crippen molar-refractivity contribution < 1.29 is 14.3 Å². The molecule has 0 unspecified atom stereocenters. The molecule has 0 saturated carbocycles. The molecule has 1 aliphatic rings. The maximum Gasteiger partial charge on any atom is 0.266 e. The number of halogens is 2. The minimum Gasteiger partial charge on any atom is -0.454 e. The summed E-state index contributed by atoms with van der Waals surface area (Å²) >= 11 is 12.0. The number of rotatable bonds is 4. The third-order valence-electron chi connectivity index (χ3n) is 4.17. The van der Waals surface area contributed by atoms with E-state index in [0.717, 1.165) is 5.56 Å². The first kappa shape index (κ1) is 18.9. The molecule has 0 radical (unpaired) electrons. The van der Waals surface area contributed by atoms with Gasteiger partial charge in [0, 0.05) is 16.1 Å². The van der Waals surface area contributed by atoms with Crippen molar-refractivity contribution >= 4 is 40.9 Å². The van der Waals surface area contributed by atoms with Gasteiger partial charge in [-0.1, -0.05) is 23.2 Å². The number of amides is 1. The molecule has 2 aromatic carbocycles. The van der Waals surface area contributed by atoms with Crippen LogP contribution < -0.4 is 14.8 Å². The Morgan fingerprint density at radius 1 is 1.21 bits per heavy atom. The Hall–Kier alpha value is -3.47. The van der Waals surface area contributed by atoms with E-state index in [0.29, 0.717) is 38.5 Å². The van der Waals surface area contributed by atoms with Gasteiger partial charge in [-0.3, -0.25) is 9.89 Å². The van der Waals surface area contributed by atoms with Crippen LogP contribution in [0.4, 0.5) is 5.69 Å². The quantitative estimate of drug-likeness (QED) is 0.466. The number of nitrogens with zero attached hydrogens (tertiary/aromatic N) is 2. The molecule has 0 spiro atoms. The molecular weight excluding hydrogens is 415 g/mol. The molecule has 0 saturated heterocycles. The maximum absolute atomic E-state index is 12.6. The zero-order chi connectivity index (χ0) is 20.4. The van der Waals surface area contributed by atoms with Gasteiger partial charge >= 0.3 is 0 Å². The van der Waals surface area contributed by atoms with Gasteiger partial charge in [0.05, 0.1) is 22.6 Å². The first-order valence-electron chi connectivity index (χ1n) is 8.37. The van der Waals surface area contributed by atoms with Crippen LogP contribution in [0.3, 0.4) is 0 Å². The summed E-state index contributed by atoms with van der Waals surface area (Å²) in [5, 5.41) is 19.7. The van der Waals surface area contributed by atoms with Crippen LogP contribution in [0.15, 0.2) is 48.2 Å². The fraction of sp³-hybridized carbons (Fsp3) is 0.0500. The van der Waals surface area contributed by atoms with Gasteiger partial charge in [-0.25, -0.2) is 0 Å². The van der Waals surface area contributed by atoms with Crippen molar-refractivity contribution in [2.75, 3.05) is 12.1 Å². The molecule has 0 atom stereocenters. The monoisotopic (exact) mass is 426 g/mol. The minimum absolute atomic E-state index is 0.121. The number of benzene rings is 2. The average molecular weight is 427 g/mol. The third kappa shape index (κ3) is 3.90. The molecule has 144 valence electrons. The topological polar surface area (TPSA) is 100 Å². The predicted molar refractivity (Wildman–Crippen MR) is 109 cm³/mol. The highest BCUT2D eigenvalue weighted by Gasteiger charge is 2.17. The zero-order valence-electron chi connectivity index (χ0n) is 14.7. The Balaban J connectivity index is 1.63. The molecule has 0 bridgehead atoms. The van der Waals surface area contributed by atoms with E-state index in [4.69, 9.17) is 32.7 Å². The Kier molecular flexibility index (Phi) is 5.12. The predicted octanol–water partition coefficient (Wildman–Crippen LogP) is 4.66. The SMILES string of the molecule is N#C/C(=C/c1cn[nH]c1-c1ccc2c(c1)OCO2)C(=O)Nc1cc(Cl)ccc1Cl. The number of nitriles is 1. The lowest BCUT2D eigenvalue weighted by molar-refractivity contribution is -0.112. The molecule has 4 rings (SSSR count). The van der Waals surface area contributed by atoms with Crippen LogP contribution >= 0.6 is 23.2 Å². The van der Waals surface area contributed by atoms with Crippen molar-refractivity contribution in [2.24, 2.45) is 0 Å². The molecule has 7 nitrogen and oxygen atoms in total. The normalized spacial score (nSPS) is 12.5. The number of carbonyl (C=O) groups is 1. The molecule has 2 N–H and O–H groups in total. The summed E-state index contributed by atoms with van der Waals surface area (Å²) in [7, 11) is 0. The number of anilines is 1. The van der Waals surface area contributed by atoms with Crippen LogP contribution in [0.5, 0.6) is 11.5 Å². The van der Waals surface area contributed by atoms with Gasteiger partial charge in [0.15, 0.2) is 11.5 Å². The Morgan fingerprint density at radius 3 is 2.86 bits per heavy atom. The van der Waals surface area contributed by atoms with Crippen molar-refractivity contribution in [3.63, 3.8) is 0 Å². The highest BCUT2D eigenvalue weighted by molar-refractivity contribution is 6.36. The maximum atomic E-state index is 12.6. The van der Waals surface area contributed by atoms with E-state index < -0.39 is 5.91 Å². The van der Waals surface area contributed by atoms with Gasteiger partial charge < -0.3 is 14.8 Å². The van der Waals surface area contributed by atoms with Crippen LogP contribution in [0, 0.1) is 11.3 Å². The summed E-state index contributed by atoms with van der Waals surface area (Å²) in [5.41, 5.74) is 2.16. The Morgan fingerprint density at radius 2 is 2.03 bits per heavy atom. The van der Waals surface area contributed by atoms with Gasteiger partial charge in [0.1, 0.15) is 11.6 Å². The number of hydrogen-bond donors (Lipinski definition) is 2. The number of fused-ring (bicyclic) bond motifs is 1. The van der Waals surface area contributed by atoms with E-state index in [9.17, 15) is 10.1 Å². The molecule has 3 aromatic rings. The van der Waals surface area contributed by atoms with Crippen LogP contribution in [0.1, 0.15) is 5.56 Å². The van der Waals surface area contributed by atoms with E-state index in [1.54, 1.807) is 24.3 Å². The summed E-state index contributed by atoms with van der Waals surface area (Å²) in [5.74, 6) is 0.649. The molecule has 29 heavy (non-hydrogen) atoms. The smallest absolute Gasteiger partial charge is 0.266 e. The van der Waals surface area contributed by atoms with E-state index in [1.807, 2.05) is 12.1 Å². The second kappa shape index (κ2) is 7.87. The highest BCUT2D eigenvalue weighted by atomic mass is 35.5. The van der Waals surface area contributed by atoms with Crippen molar-refractivity contribution in [2.45, 2.75) is 0 Å². The molecule has 9 heteroatoms. The Labute approximate surface area is 175 Å². The van der Waals surface area contributed by atoms with Crippen molar-refractivity contribution in [1.82, 2.24) is 10.2 Å². The summed E-state index contributed by atoms with van der Waals surface area (Å²) in [6.45, 7) is 0.166. The molecular formula is C20H12Cl2N4O3. The average Bonchev–Trinajstić information content (AvgIpc) is 3.37. The largest absolute Gasteiger partial charge is 0.454 e. The molecule has 1 aromatic heterocycles. The van der Waals surface area contributed by atoms with E-state index in [2.05, 4.69) is 15.5 Å². The molecule has 1 aliphatic heterocycles. The van der Waals surface area contributed by atoms with Gasteiger partial charge in [0.25, 0.3) is 5.91 Å².